The van der Waals surface area contributed by atoms with Crippen molar-refractivity contribution in [3.05, 3.63) is 71.8 Å². The number of amides is 1. The van der Waals surface area contributed by atoms with Gasteiger partial charge in [0, 0.05) is 6.92 Å². The largest absolute Gasteiger partial charge is 0.457 e. The molecule has 1 heterocycles. The molecule has 1 N–H and O–H groups in total. The SMILES string of the molecule is CCSC1C(OCc2ccccc2)[C@H](OC(C)=O)C(COCc2ccccc2)O[C@H]1NC(=O)OCC(Cl)(Cl)Cl. The summed E-state index contributed by atoms with van der Waals surface area (Å²) in [4.78, 5) is 24.8. The van der Waals surface area contributed by atoms with E-state index < -0.39 is 52.3 Å². The fourth-order valence-corrected chi connectivity index (χ4v) is 5.28. The second kappa shape index (κ2) is 15.9. The van der Waals surface area contributed by atoms with E-state index in [1.807, 2.05) is 67.6 Å². The third-order valence-corrected chi connectivity index (χ3v) is 7.16. The number of alkyl carbamates (subject to hydrolysis) is 1. The van der Waals surface area contributed by atoms with Crippen molar-refractivity contribution in [2.75, 3.05) is 19.0 Å². The van der Waals surface area contributed by atoms with Gasteiger partial charge in [-0.2, -0.15) is 11.8 Å². The predicted molar refractivity (Wildman–Crippen MR) is 152 cm³/mol. The van der Waals surface area contributed by atoms with E-state index in [9.17, 15) is 9.59 Å². The van der Waals surface area contributed by atoms with Crippen LogP contribution in [0, 0.1) is 0 Å². The first-order valence-corrected chi connectivity index (χ1v) is 14.6. The summed E-state index contributed by atoms with van der Waals surface area (Å²) in [5.41, 5.74) is 1.91. The molecule has 12 heteroatoms. The van der Waals surface area contributed by atoms with Crippen LogP contribution in [0.3, 0.4) is 0 Å². The van der Waals surface area contributed by atoms with E-state index in [0.717, 1.165) is 11.1 Å². The highest BCUT2D eigenvalue weighted by Crippen LogP contribution is 2.34. The Hall–Kier alpha value is -1.72. The molecule has 1 saturated heterocycles. The molecule has 0 aliphatic carbocycles. The molecule has 5 atom stereocenters. The van der Waals surface area contributed by atoms with Crippen molar-refractivity contribution in [1.82, 2.24) is 5.32 Å². The first-order valence-electron chi connectivity index (χ1n) is 12.4. The van der Waals surface area contributed by atoms with Crippen LogP contribution in [0.15, 0.2) is 60.7 Å². The molecule has 3 unspecified atom stereocenters. The predicted octanol–water partition coefficient (Wildman–Crippen LogP) is 5.66. The molecule has 0 bridgehead atoms. The van der Waals surface area contributed by atoms with Crippen LogP contribution in [0.4, 0.5) is 4.79 Å². The van der Waals surface area contributed by atoms with Crippen LogP contribution in [0.5, 0.6) is 0 Å². The Labute approximate surface area is 247 Å². The monoisotopic (exact) mass is 619 g/mol. The summed E-state index contributed by atoms with van der Waals surface area (Å²) in [6.45, 7) is 3.49. The van der Waals surface area contributed by atoms with Gasteiger partial charge < -0.3 is 23.7 Å². The fraction of sp³-hybridized carbons (Fsp3) is 0.481. The van der Waals surface area contributed by atoms with Crippen molar-refractivity contribution in [3.8, 4) is 0 Å². The van der Waals surface area contributed by atoms with Crippen LogP contribution in [-0.2, 0) is 41.7 Å². The number of alkyl halides is 3. The zero-order valence-electron chi connectivity index (χ0n) is 21.6. The molecule has 1 amide bonds. The highest BCUT2D eigenvalue weighted by molar-refractivity contribution is 8.00. The van der Waals surface area contributed by atoms with Crippen molar-refractivity contribution in [1.29, 1.82) is 0 Å². The van der Waals surface area contributed by atoms with Crippen molar-refractivity contribution >= 4 is 58.6 Å². The zero-order chi connectivity index (χ0) is 28.3. The van der Waals surface area contributed by atoms with Crippen molar-refractivity contribution in [2.45, 2.75) is 60.6 Å². The smallest absolute Gasteiger partial charge is 0.409 e. The summed E-state index contributed by atoms with van der Waals surface area (Å²) in [5, 5.41) is 2.25. The minimum atomic E-state index is -1.77. The molecule has 1 aliphatic heterocycles. The Morgan fingerprint density at radius 1 is 0.974 bits per heavy atom. The number of carbonyl (C=O) groups excluding carboxylic acids is 2. The molecule has 2 aromatic carbocycles. The van der Waals surface area contributed by atoms with E-state index in [-0.39, 0.29) is 13.2 Å². The summed E-state index contributed by atoms with van der Waals surface area (Å²) in [6.07, 6.45) is -3.93. The average molecular weight is 621 g/mol. The number of benzene rings is 2. The Kier molecular flexibility index (Phi) is 13.0. The quantitative estimate of drug-likeness (QED) is 0.240. The summed E-state index contributed by atoms with van der Waals surface area (Å²) < 4.78 is 27.7. The number of carbonyl (C=O) groups is 2. The molecular weight excluding hydrogens is 589 g/mol. The minimum absolute atomic E-state index is 0.0723. The summed E-state index contributed by atoms with van der Waals surface area (Å²) in [6, 6.07) is 19.2. The molecule has 2 aromatic rings. The molecule has 0 saturated carbocycles. The second-order valence-corrected chi connectivity index (χ2v) is 12.7. The van der Waals surface area contributed by atoms with Gasteiger partial charge in [-0.3, -0.25) is 10.1 Å². The van der Waals surface area contributed by atoms with E-state index in [1.54, 1.807) is 0 Å². The topological polar surface area (TPSA) is 92.3 Å². The molecule has 8 nitrogen and oxygen atoms in total. The van der Waals surface area contributed by atoms with Gasteiger partial charge in [-0.1, -0.05) is 102 Å². The number of hydrogen-bond donors (Lipinski definition) is 1. The number of hydrogen-bond acceptors (Lipinski definition) is 8. The zero-order valence-corrected chi connectivity index (χ0v) is 24.7. The maximum absolute atomic E-state index is 12.6. The number of nitrogens with one attached hydrogen (secondary N) is 1. The molecular formula is C27H32Cl3NO7S. The first-order chi connectivity index (χ1) is 18.7. The minimum Gasteiger partial charge on any atom is -0.457 e. The first kappa shape index (κ1) is 31.8. The standard InChI is InChI=1S/C27H32Cl3NO7S/c1-3-39-24-23(35-15-20-12-8-5-9-13-20)22(37-18(2)32)21(16-34-14-19-10-6-4-7-11-19)38-25(24)31-26(33)36-17-27(28,29)30/h4-13,21-25H,3,14-17H2,1-2H3,(H,31,33)/t21?,22-,23?,24?,25-/m1/s1. The van der Waals surface area contributed by atoms with Gasteiger partial charge in [0.25, 0.3) is 0 Å². The molecule has 214 valence electrons. The molecule has 1 aliphatic rings. The number of ether oxygens (including phenoxy) is 5. The van der Waals surface area contributed by atoms with Gasteiger partial charge in [0.05, 0.1) is 25.1 Å². The number of rotatable bonds is 12. The third kappa shape index (κ3) is 11.0. The molecule has 0 aromatic heterocycles. The van der Waals surface area contributed by atoms with Gasteiger partial charge in [-0.25, -0.2) is 4.79 Å². The van der Waals surface area contributed by atoms with E-state index in [0.29, 0.717) is 12.4 Å². The summed E-state index contributed by atoms with van der Waals surface area (Å²) in [5.74, 6) is 0.182. The lowest BCUT2D eigenvalue weighted by Crippen LogP contribution is -2.64. The fourth-order valence-electron chi connectivity index (χ4n) is 4.00. The number of thioether (sulfide) groups is 1. The highest BCUT2D eigenvalue weighted by atomic mass is 35.6. The lowest BCUT2D eigenvalue weighted by molar-refractivity contribution is -0.217. The number of halogens is 3. The highest BCUT2D eigenvalue weighted by Gasteiger charge is 2.49. The second-order valence-electron chi connectivity index (χ2n) is 8.69. The van der Waals surface area contributed by atoms with Crippen LogP contribution < -0.4 is 5.32 Å². The Morgan fingerprint density at radius 2 is 1.59 bits per heavy atom. The van der Waals surface area contributed by atoms with Crippen molar-refractivity contribution in [3.63, 3.8) is 0 Å². The molecule has 0 radical (unpaired) electrons. The van der Waals surface area contributed by atoms with Crippen LogP contribution in [0.25, 0.3) is 0 Å². The maximum atomic E-state index is 12.6. The van der Waals surface area contributed by atoms with Gasteiger partial charge in [0.2, 0.25) is 3.79 Å². The van der Waals surface area contributed by atoms with Crippen LogP contribution >= 0.6 is 46.6 Å². The number of esters is 1. The lowest BCUT2D eigenvalue weighted by Gasteiger charge is -2.45. The van der Waals surface area contributed by atoms with E-state index in [1.165, 1.54) is 18.7 Å². The van der Waals surface area contributed by atoms with Crippen molar-refractivity contribution < 1.29 is 33.3 Å². The molecule has 0 spiro atoms. The Bertz CT molecular complexity index is 1030. The van der Waals surface area contributed by atoms with Crippen LogP contribution in [0.2, 0.25) is 0 Å². The van der Waals surface area contributed by atoms with Crippen LogP contribution in [-0.4, -0.2) is 64.6 Å². The Balaban J connectivity index is 1.83. The van der Waals surface area contributed by atoms with Gasteiger partial charge >= 0.3 is 12.1 Å². The molecule has 39 heavy (non-hydrogen) atoms. The van der Waals surface area contributed by atoms with Crippen molar-refractivity contribution in [2.24, 2.45) is 0 Å². The van der Waals surface area contributed by atoms with Crippen LogP contribution in [0.1, 0.15) is 25.0 Å². The third-order valence-electron chi connectivity index (χ3n) is 5.60. The van der Waals surface area contributed by atoms with Gasteiger partial charge in [-0.15, -0.1) is 0 Å². The van der Waals surface area contributed by atoms with E-state index in [4.69, 9.17) is 58.5 Å². The lowest BCUT2D eigenvalue weighted by atomic mass is 9.99. The van der Waals surface area contributed by atoms with Gasteiger partial charge in [0.1, 0.15) is 25.0 Å². The van der Waals surface area contributed by atoms with Gasteiger partial charge in [-0.05, 0) is 16.9 Å². The van der Waals surface area contributed by atoms with E-state index in [2.05, 4.69) is 5.32 Å². The molecule has 3 rings (SSSR count). The average Bonchev–Trinajstić information content (AvgIpc) is 2.90. The van der Waals surface area contributed by atoms with E-state index >= 15 is 0 Å². The summed E-state index contributed by atoms with van der Waals surface area (Å²) in [7, 11) is 0. The summed E-state index contributed by atoms with van der Waals surface area (Å²) >= 11 is 18.7. The molecule has 1 fully saturated rings. The Morgan fingerprint density at radius 3 is 2.15 bits per heavy atom. The normalized spacial score (nSPS) is 23.2. The van der Waals surface area contributed by atoms with Gasteiger partial charge in [0.15, 0.2) is 6.10 Å². The maximum Gasteiger partial charge on any atom is 0.409 e.